The molecule has 152 valence electrons. The topological polar surface area (TPSA) is 79.2 Å². The van der Waals surface area contributed by atoms with Gasteiger partial charge in [0.2, 0.25) is 5.79 Å². The predicted octanol–water partition coefficient (Wildman–Crippen LogP) is 2.82. The quantitative estimate of drug-likeness (QED) is 0.599. The molecule has 0 bridgehead atoms. The van der Waals surface area contributed by atoms with E-state index in [9.17, 15) is 19.7 Å². The molecule has 2 aliphatic rings. The van der Waals surface area contributed by atoms with E-state index in [-0.39, 0.29) is 12.4 Å². The minimum atomic E-state index is -1.62. The lowest BCUT2D eigenvalue weighted by atomic mass is 9.87. The number of hydrogen-bond acceptors (Lipinski definition) is 6. The van der Waals surface area contributed by atoms with Gasteiger partial charge in [0, 0.05) is 21.6 Å². The van der Waals surface area contributed by atoms with E-state index in [0.29, 0.717) is 23.1 Å². The highest BCUT2D eigenvalue weighted by atomic mass is 32.1. The van der Waals surface area contributed by atoms with Crippen LogP contribution in [0.25, 0.3) is 10.1 Å². The first-order chi connectivity index (χ1) is 13.9. The smallest absolute Gasteiger partial charge is 0.225 e. The second kappa shape index (κ2) is 6.84. The summed E-state index contributed by atoms with van der Waals surface area (Å²) in [6.45, 7) is 1.66. The maximum atomic E-state index is 14.8. The Bertz CT molecular complexity index is 1050. The molecule has 2 aliphatic heterocycles. The molecule has 0 radical (unpaired) electrons. The fraction of sp³-hybridized carbons (Fsp3) is 0.364. The molecule has 3 heterocycles. The summed E-state index contributed by atoms with van der Waals surface area (Å²) < 4.78 is 27.6. The van der Waals surface area contributed by atoms with E-state index in [0.717, 1.165) is 15.0 Å². The predicted molar refractivity (Wildman–Crippen MR) is 106 cm³/mol. The third kappa shape index (κ3) is 2.92. The molecule has 1 aromatic heterocycles. The molecule has 5 atom stereocenters. The molecule has 0 unspecified atom stereocenters. The number of thiophene rings is 1. The van der Waals surface area contributed by atoms with Gasteiger partial charge in [-0.3, -0.25) is 0 Å². The second-order valence-electron chi connectivity index (χ2n) is 7.73. The number of fused-ring (bicyclic) bond motifs is 3. The number of ether oxygens (including phenoxy) is 2. The highest BCUT2D eigenvalue weighted by molar-refractivity contribution is 7.19. The molecule has 1 spiro atoms. The van der Waals surface area contributed by atoms with Crippen molar-refractivity contribution in [3.8, 4) is 0 Å². The summed E-state index contributed by atoms with van der Waals surface area (Å²) >= 11 is 1.61. The Kier molecular flexibility index (Phi) is 4.51. The zero-order chi connectivity index (χ0) is 20.3. The van der Waals surface area contributed by atoms with E-state index in [1.165, 1.54) is 6.07 Å². The molecule has 0 aliphatic carbocycles. The number of aliphatic hydroxyl groups is 3. The van der Waals surface area contributed by atoms with Gasteiger partial charge in [0.25, 0.3) is 0 Å². The molecule has 5 nitrogen and oxygen atoms in total. The average Bonchev–Trinajstić information content (AvgIpc) is 3.27. The molecule has 3 N–H and O–H groups in total. The van der Waals surface area contributed by atoms with Crippen LogP contribution < -0.4 is 0 Å². The van der Waals surface area contributed by atoms with Gasteiger partial charge >= 0.3 is 0 Å². The second-order valence-corrected chi connectivity index (χ2v) is 8.90. The minimum Gasteiger partial charge on any atom is -0.388 e. The number of halogens is 1. The van der Waals surface area contributed by atoms with Crippen LogP contribution in [0.1, 0.15) is 28.5 Å². The average molecular weight is 416 g/mol. The van der Waals surface area contributed by atoms with Crippen molar-refractivity contribution in [2.45, 2.75) is 50.2 Å². The SMILES string of the molecule is C[C@H]1O[C@]2(OCc3cc(F)c(Cc4cc5ccccc5s4)cc32)[C@H](O)[C@@H](O)[C@@H]1O. The van der Waals surface area contributed by atoms with E-state index in [4.69, 9.17) is 9.47 Å². The Morgan fingerprint density at radius 3 is 2.72 bits per heavy atom. The van der Waals surface area contributed by atoms with Gasteiger partial charge in [-0.15, -0.1) is 11.3 Å². The summed E-state index contributed by atoms with van der Waals surface area (Å²) in [5, 5.41) is 32.1. The van der Waals surface area contributed by atoms with Crippen molar-refractivity contribution in [3.05, 3.63) is 69.8 Å². The molecule has 7 heteroatoms. The van der Waals surface area contributed by atoms with Crippen molar-refractivity contribution in [3.63, 3.8) is 0 Å². The van der Waals surface area contributed by atoms with E-state index in [2.05, 4.69) is 0 Å². The largest absolute Gasteiger partial charge is 0.388 e. The molecule has 1 fully saturated rings. The standard InChI is InChI=1S/C22H21FO5S/c1-11-19(24)20(25)21(26)22(28-11)16-8-13(17(23)9-14(16)10-27-22)7-15-6-12-4-2-3-5-18(12)29-15/h2-6,8-9,11,19-21,24-26H,7,10H2,1H3/t11-,19-,20+,21-,22+/m1/s1. The maximum absolute atomic E-state index is 14.8. The summed E-state index contributed by atoms with van der Waals surface area (Å²) in [5.74, 6) is -1.96. The fourth-order valence-corrected chi connectivity index (χ4v) is 5.35. The maximum Gasteiger partial charge on any atom is 0.225 e. The lowest BCUT2D eigenvalue weighted by Gasteiger charge is -2.45. The number of hydrogen-bond donors (Lipinski definition) is 3. The van der Waals surface area contributed by atoms with Crippen LogP contribution >= 0.6 is 11.3 Å². The van der Waals surface area contributed by atoms with Crippen LogP contribution in [-0.4, -0.2) is 39.7 Å². The lowest BCUT2D eigenvalue weighted by molar-refractivity contribution is -0.362. The van der Waals surface area contributed by atoms with Gasteiger partial charge < -0.3 is 24.8 Å². The molecule has 3 aromatic rings. The van der Waals surface area contributed by atoms with Crippen LogP contribution in [0.15, 0.2) is 42.5 Å². The fourth-order valence-electron chi connectivity index (χ4n) is 4.26. The van der Waals surface area contributed by atoms with Crippen LogP contribution in [0.2, 0.25) is 0 Å². The van der Waals surface area contributed by atoms with Crippen LogP contribution in [0.4, 0.5) is 4.39 Å². The summed E-state index contributed by atoms with van der Waals surface area (Å²) in [5.41, 5.74) is 1.53. The van der Waals surface area contributed by atoms with Crippen LogP contribution in [0.3, 0.4) is 0 Å². The van der Waals surface area contributed by atoms with Crippen LogP contribution in [0.5, 0.6) is 0 Å². The van der Waals surface area contributed by atoms with Crippen molar-refractivity contribution >= 4 is 21.4 Å². The van der Waals surface area contributed by atoms with Crippen LogP contribution in [0, 0.1) is 5.82 Å². The highest BCUT2D eigenvalue weighted by Gasteiger charge is 2.57. The van der Waals surface area contributed by atoms with Gasteiger partial charge in [0.1, 0.15) is 24.1 Å². The number of aliphatic hydroxyl groups excluding tert-OH is 3. The van der Waals surface area contributed by atoms with E-state index >= 15 is 0 Å². The number of rotatable bonds is 2. The first-order valence-corrected chi connectivity index (χ1v) is 10.4. The monoisotopic (exact) mass is 416 g/mol. The third-order valence-electron chi connectivity index (χ3n) is 5.84. The van der Waals surface area contributed by atoms with Gasteiger partial charge in [-0.05, 0) is 47.7 Å². The molecular weight excluding hydrogens is 395 g/mol. The zero-order valence-corrected chi connectivity index (χ0v) is 16.5. The molecule has 1 saturated heterocycles. The van der Waals surface area contributed by atoms with Gasteiger partial charge in [0.05, 0.1) is 12.7 Å². The number of benzene rings is 2. The first kappa shape index (κ1) is 19.1. The molecular formula is C22H21FO5S. The van der Waals surface area contributed by atoms with Gasteiger partial charge in [-0.25, -0.2) is 4.39 Å². The summed E-state index contributed by atoms with van der Waals surface area (Å²) in [6.07, 6.45) is -4.51. The normalized spacial score (nSPS) is 31.5. The first-order valence-electron chi connectivity index (χ1n) is 9.54. The van der Waals surface area contributed by atoms with E-state index in [1.807, 2.05) is 30.3 Å². The molecule has 0 saturated carbocycles. The van der Waals surface area contributed by atoms with Crippen molar-refractivity contribution in [2.24, 2.45) is 0 Å². The van der Waals surface area contributed by atoms with E-state index in [1.54, 1.807) is 24.3 Å². The Morgan fingerprint density at radius 2 is 1.93 bits per heavy atom. The zero-order valence-electron chi connectivity index (χ0n) is 15.7. The molecule has 0 amide bonds. The molecule has 29 heavy (non-hydrogen) atoms. The van der Waals surface area contributed by atoms with Crippen molar-refractivity contribution < 1.29 is 29.2 Å². The van der Waals surface area contributed by atoms with Crippen molar-refractivity contribution in [1.82, 2.24) is 0 Å². The summed E-state index contributed by atoms with van der Waals surface area (Å²) in [4.78, 5) is 1.02. The Balaban J connectivity index is 1.54. The molecule has 2 aromatic carbocycles. The van der Waals surface area contributed by atoms with Gasteiger partial charge in [-0.2, -0.15) is 0 Å². The van der Waals surface area contributed by atoms with Crippen LogP contribution in [-0.2, 0) is 28.3 Å². The van der Waals surface area contributed by atoms with Crippen molar-refractivity contribution in [2.75, 3.05) is 0 Å². The Hall–Kier alpha value is -1.87. The van der Waals surface area contributed by atoms with Crippen molar-refractivity contribution in [1.29, 1.82) is 0 Å². The summed E-state index contributed by atoms with van der Waals surface area (Å²) in [6, 6.07) is 13.1. The Morgan fingerprint density at radius 1 is 1.14 bits per heavy atom. The van der Waals surface area contributed by atoms with E-state index < -0.39 is 30.2 Å². The Labute approximate surface area is 170 Å². The minimum absolute atomic E-state index is 0.0576. The highest BCUT2D eigenvalue weighted by Crippen LogP contribution is 2.46. The van der Waals surface area contributed by atoms with Gasteiger partial charge in [-0.1, -0.05) is 18.2 Å². The summed E-state index contributed by atoms with van der Waals surface area (Å²) in [7, 11) is 0. The lowest BCUT2D eigenvalue weighted by Crippen LogP contribution is -2.62. The third-order valence-corrected chi connectivity index (χ3v) is 6.95. The molecule has 5 rings (SSSR count). The van der Waals surface area contributed by atoms with Gasteiger partial charge in [0.15, 0.2) is 0 Å².